The number of ether oxygens (including phenoxy) is 1. The Morgan fingerprint density at radius 3 is 2.70 bits per heavy atom. The smallest absolute Gasteiger partial charge is 0.148 e. The van der Waals surface area contributed by atoms with E-state index < -0.39 is 0 Å². The fourth-order valence-corrected chi connectivity index (χ4v) is 2.30. The Morgan fingerprint density at radius 1 is 1.45 bits per heavy atom. The van der Waals surface area contributed by atoms with Crippen molar-refractivity contribution in [3.63, 3.8) is 0 Å². The van der Waals surface area contributed by atoms with Gasteiger partial charge < -0.3 is 10.5 Å². The van der Waals surface area contributed by atoms with E-state index in [-0.39, 0.29) is 0 Å². The fourth-order valence-electron chi connectivity index (χ4n) is 1.53. The molecule has 0 aliphatic heterocycles. The normalized spacial score (nSPS) is 13.6. The zero-order valence-electron chi connectivity index (χ0n) is 11.9. The van der Waals surface area contributed by atoms with Crippen LogP contribution in [0.5, 0.6) is 5.75 Å². The van der Waals surface area contributed by atoms with Crippen LogP contribution >= 0.6 is 27.5 Å². The molecule has 1 aromatic carbocycles. The van der Waals surface area contributed by atoms with E-state index in [9.17, 15) is 0 Å². The molecule has 4 heteroatoms. The summed E-state index contributed by atoms with van der Waals surface area (Å²) in [7, 11) is 0. The minimum absolute atomic E-state index is 0.589. The lowest BCUT2D eigenvalue weighted by Gasteiger charge is -2.13. The molecule has 0 fully saturated rings. The van der Waals surface area contributed by atoms with Crippen molar-refractivity contribution in [1.82, 2.24) is 0 Å². The van der Waals surface area contributed by atoms with E-state index in [4.69, 9.17) is 22.1 Å². The summed E-state index contributed by atoms with van der Waals surface area (Å²) in [4.78, 5) is 0. The standard InChI is InChI=1S/C16H19BrClNO/c1-4-7-15(13(17)10-12(19)5-2)20-16-11(3)8-6-9-14(16)18/h5-10H,4,19H2,1-3H3/b12-5+,13-10+,15-7-. The predicted molar refractivity (Wildman–Crippen MR) is 90.1 cm³/mol. The Bertz CT molecular complexity index is 541. The summed E-state index contributed by atoms with van der Waals surface area (Å²) in [6.45, 7) is 5.89. The maximum absolute atomic E-state index is 6.19. The van der Waals surface area contributed by atoms with Crippen LogP contribution in [-0.2, 0) is 0 Å². The van der Waals surface area contributed by atoms with Crippen molar-refractivity contribution in [2.75, 3.05) is 0 Å². The van der Waals surface area contributed by atoms with Gasteiger partial charge in [0.1, 0.15) is 11.5 Å². The van der Waals surface area contributed by atoms with E-state index in [1.54, 1.807) is 0 Å². The van der Waals surface area contributed by atoms with Gasteiger partial charge in [0.15, 0.2) is 0 Å². The number of rotatable bonds is 5. The first kappa shape index (κ1) is 16.9. The molecule has 0 bridgehead atoms. The van der Waals surface area contributed by atoms with E-state index >= 15 is 0 Å². The minimum atomic E-state index is 0.589. The number of benzene rings is 1. The first-order valence-corrected chi connectivity index (χ1v) is 7.59. The van der Waals surface area contributed by atoms with Gasteiger partial charge in [-0.15, -0.1) is 0 Å². The molecular weight excluding hydrogens is 338 g/mol. The van der Waals surface area contributed by atoms with Gasteiger partial charge in [-0.3, -0.25) is 0 Å². The van der Waals surface area contributed by atoms with Gasteiger partial charge in [0, 0.05) is 5.70 Å². The van der Waals surface area contributed by atoms with Crippen LogP contribution in [0.15, 0.2) is 52.4 Å². The summed E-state index contributed by atoms with van der Waals surface area (Å²) < 4.78 is 6.74. The molecule has 0 amide bonds. The minimum Gasteiger partial charge on any atom is -0.455 e. The van der Waals surface area contributed by atoms with Crippen LogP contribution in [0.4, 0.5) is 0 Å². The van der Waals surface area contributed by atoms with Gasteiger partial charge in [0.05, 0.1) is 9.51 Å². The molecule has 2 nitrogen and oxygen atoms in total. The Morgan fingerprint density at radius 2 is 2.15 bits per heavy atom. The van der Waals surface area contributed by atoms with E-state index in [0.717, 1.165) is 16.5 Å². The summed E-state index contributed by atoms with van der Waals surface area (Å²) >= 11 is 9.69. The summed E-state index contributed by atoms with van der Waals surface area (Å²) in [5.41, 5.74) is 7.46. The third-order valence-corrected chi connectivity index (χ3v) is 3.54. The Kier molecular flexibility index (Phi) is 6.89. The van der Waals surface area contributed by atoms with Crippen LogP contribution in [0.3, 0.4) is 0 Å². The Balaban J connectivity index is 3.12. The van der Waals surface area contributed by atoms with Crippen molar-refractivity contribution >= 4 is 27.5 Å². The number of hydrogen-bond acceptors (Lipinski definition) is 2. The number of aryl methyl sites for hydroxylation is 1. The average molecular weight is 357 g/mol. The highest BCUT2D eigenvalue weighted by molar-refractivity contribution is 9.12. The highest BCUT2D eigenvalue weighted by Crippen LogP contribution is 2.32. The van der Waals surface area contributed by atoms with Gasteiger partial charge in [-0.25, -0.2) is 0 Å². The zero-order valence-corrected chi connectivity index (χ0v) is 14.3. The monoisotopic (exact) mass is 355 g/mol. The first-order valence-electron chi connectivity index (χ1n) is 6.42. The molecule has 2 N–H and O–H groups in total. The molecule has 108 valence electrons. The van der Waals surface area contributed by atoms with Gasteiger partial charge in [-0.1, -0.05) is 36.7 Å². The molecule has 0 atom stereocenters. The third kappa shape index (κ3) is 4.73. The summed E-state index contributed by atoms with van der Waals surface area (Å²) in [5, 5.41) is 0.589. The SMILES string of the molecule is C\C=C(N)/C=C(Br)\C(=C\CC)Oc1c(C)cccc1Cl. The molecule has 0 spiro atoms. The molecule has 0 aliphatic rings. The number of allylic oxidation sites excluding steroid dienone is 4. The van der Waals surface area contributed by atoms with Crippen LogP contribution in [-0.4, -0.2) is 0 Å². The summed E-state index contributed by atoms with van der Waals surface area (Å²) in [6, 6.07) is 5.67. The average Bonchev–Trinajstić information content (AvgIpc) is 2.41. The van der Waals surface area contributed by atoms with Gasteiger partial charge in [-0.2, -0.15) is 0 Å². The largest absolute Gasteiger partial charge is 0.455 e. The lowest BCUT2D eigenvalue weighted by atomic mass is 10.2. The van der Waals surface area contributed by atoms with Crippen LogP contribution in [0, 0.1) is 6.92 Å². The van der Waals surface area contributed by atoms with E-state index in [2.05, 4.69) is 15.9 Å². The molecule has 0 heterocycles. The van der Waals surface area contributed by atoms with Gasteiger partial charge in [0.25, 0.3) is 0 Å². The Hall–Kier alpha value is -1.19. The molecule has 0 saturated heterocycles. The molecule has 0 aliphatic carbocycles. The van der Waals surface area contributed by atoms with Crippen molar-refractivity contribution in [2.24, 2.45) is 5.73 Å². The van der Waals surface area contributed by atoms with Crippen molar-refractivity contribution < 1.29 is 4.74 Å². The lowest BCUT2D eigenvalue weighted by Crippen LogP contribution is -2.00. The molecular formula is C16H19BrClNO. The second-order valence-electron chi connectivity index (χ2n) is 4.25. The van der Waals surface area contributed by atoms with Crippen LogP contribution in [0.25, 0.3) is 0 Å². The summed E-state index contributed by atoms with van der Waals surface area (Å²) in [6.07, 6.45) is 6.46. The second kappa shape index (κ2) is 8.18. The maximum atomic E-state index is 6.19. The van der Waals surface area contributed by atoms with Crippen molar-refractivity contribution in [2.45, 2.75) is 27.2 Å². The maximum Gasteiger partial charge on any atom is 0.148 e. The molecule has 0 aromatic heterocycles. The van der Waals surface area contributed by atoms with E-state index in [0.29, 0.717) is 22.2 Å². The van der Waals surface area contributed by atoms with Crippen molar-refractivity contribution in [3.05, 3.63) is 63.0 Å². The molecule has 0 radical (unpaired) electrons. The molecule has 0 unspecified atom stereocenters. The quantitative estimate of drug-likeness (QED) is 0.561. The predicted octanol–water partition coefficient (Wildman–Crippen LogP) is 5.46. The van der Waals surface area contributed by atoms with Crippen molar-refractivity contribution in [1.29, 1.82) is 0 Å². The van der Waals surface area contributed by atoms with E-state index in [1.807, 2.05) is 57.2 Å². The zero-order chi connectivity index (χ0) is 15.1. The summed E-state index contributed by atoms with van der Waals surface area (Å²) in [5.74, 6) is 1.37. The number of nitrogens with two attached hydrogens (primary N) is 1. The molecule has 1 aromatic rings. The van der Waals surface area contributed by atoms with Crippen LogP contribution in [0.1, 0.15) is 25.8 Å². The van der Waals surface area contributed by atoms with Crippen LogP contribution in [0.2, 0.25) is 5.02 Å². The van der Waals surface area contributed by atoms with Gasteiger partial charge in [0.2, 0.25) is 0 Å². The number of hydrogen-bond donors (Lipinski definition) is 1. The topological polar surface area (TPSA) is 35.2 Å². The number of halogens is 2. The lowest BCUT2D eigenvalue weighted by molar-refractivity contribution is 0.437. The molecule has 0 saturated carbocycles. The van der Waals surface area contributed by atoms with Crippen LogP contribution < -0.4 is 10.5 Å². The van der Waals surface area contributed by atoms with E-state index in [1.165, 1.54) is 0 Å². The second-order valence-corrected chi connectivity index (χ2v) is 5.51. The van der Waals surface area contributed by atoms with Gasteiger partial charge in [-0.05, 0) is 60.0 Å². The molecule has 20 heavy (non-hydrogen) atoms. The number of para-hydroxylation sites is 1. The van der Waals surface area contributed by atoms with Gasteiger partial charge >= 0.3 is 0 Å². The van der Waals surface area contributed by atoms with Crippen molar-refractivity contribution in [3.8, 4) is 5.75 Å². The Labute approximate surface area is 134 Å². The fraction of sp³-hybridized carbons (Fsp3) is 0.250. The molecule has 1 rings (SSSR count). The first-order chi connectivity index (χ1) is 9.49. The third-order valence-electron chi connectivity index (χ3n) is 2.63. The highest BCUT2D eigenvalue weighted by Gasteiger charge is 2.10. The highest BCUT2D eigenvalue weighted by atomic mass is 79.9.